The second-order valence-corrected chi connectivity index (χ2v) is 3.73. The van der Waals surface area contributed by atoms with Crippen molar-refractivity contribution >= 4 is 11.6 Å². The molecule has 1 aromatic rings. The zero-order valence-corrected chi connectivity index (χ0v) is 8.27. The van der Waals surface area contributed by atoms with Gasteiger partial charge in [-0.05, 0) is 18.8 Å². The van der Waals surface area contributed by atoms with Crippen LogP contribution in [0.3, 0.4) is 0 Å². The van der Waals surface area contributed by atoms with Crippen LogP contribution in [0, 0.1) is 5.92 Å². The summed E-state index contributed by atoms with van der Waals surface area (Å²) in [7, 11) is 2.03. The summed E-state index contributed by atoms with van der Waals surface area (Å²) in [5.74, 6) is 7.58. The number of nitrogens with one attached hydrogen (secondary N) is 1. The van der Waals surface area contributed by atoms with Crippen LogP contribution < -0.4 is 16.2 Å². The molecule has 0 amide bonds. The summed E-state index contributed by atoms with van der Waals surface area (Å²) in [4.78, 5) is 10.5. The number of hydrogen-bond acceptors (Lipinski definition) is 5. The van der Waals surface area contributed by atoms with E-state index in [-0.39, 0.29) is 0 Å². The van der Waals surface area contributed by atoms with Gasteiger partial charge in [0.1, 0.15) is 5.82 Å². The van der Waals surface area contributed by atoms with Crippen LogP contribution in [-0.4, -0.2) is 23.6 Å². The molecule has 0 bridgehead atoms. The molecule has 3 N–H and O–H groups in total. The van der Waals surface area contributed by atoms with Gasteiger partial charge in [-0.1, -0.05) is 0 Å². The standard InChI is InChI=1S/C9H15N5/c1-14(6-7-2-3-7)9-5-11-4-8(12-9)13-10/h4-5,7H,2-3,6,10H2,1H3,(H,12,13). The van der Waals surface area contributed by atoms with Crippen molar-refractivity contribution < 1.29 is 0 Å². The number of hydrazine groups is 1. The van der Waals surface area contributed by atoms with Gasteiger partial charge in [0.25, 0.3) is 0 Å². The highest BCUT2D eigenvalue weighted by molar-refractivity contribution is 5.42. The number of nitrogens with zero attached hydrogens (tertiary/aromatic N) is 3. The number of anilines is 2. The fourth-order valence-electron chi connectivity index (χ4n) is 1.39. The summed E-state index contributed by atoms with van der Waals surface area (Å²) in [6.45, 7) is 1.06. The summed E-state index contributed by atoms with van der Waals surface area (Å²) in [5, 5.41) is 0. The van der Waals surface area contributed by atoms with E-state index in [9.17, 15) is 0 Å². The van der Waals surface area contributed by atoms with Crippen molar-refractivity contribution in [2.24, 2.45) is 11.8 Å². The molecule has 0 spiro atoms. The number of aromatic nitrogens is 2. The Bertz CT molecular complexity index is 310. The van der Waals surface area contributed by atoms with Crippen LogP contribution in [0.1, 0.15) is 12.8 Å². The molecule has 1 aliphatic carbocycles. The van der Waals surface area contributed by atoms with Gasteiger partial charge in [0.15, 0.2) is 5.82 Å². The maximum Gasteiger partial charge on any atom is 0.160 e. The number of rotatable bonds is 4. The van der Waals surface area contributed by atoms with Crippen molar-refractivity contribution in [3.8, 4) is 0 Å². The van der Waals surface area contributed by atoms with E-state index in [0.29, 0.717) is 5.82 Å². The Morgan fingerprint density at radius 1 is 1.57 bits per heavy atom. The molecule has 0 aromatic carbocycles. The Labute approximate surface area is 83.3 Å². The Balaban J connectivity index is 2.05. The molecule has 1 aromatic heterocycles. The molecule has 1 aliphatic rings. The first kappa shape index (κ1) is 9.21. The summed E-state index contributed by atoms with van der Waals surface area (Å²) in [6, 6.07) is 0. The molecule has 1 saturated carbocycles. The van der Waals surface area contributed by atoms with Gasteiger partial charge in [-0.25, -0.2) is 10.8 Å². The third-order valence-corrected chi connectivity index (χ3v) is 2.39. The van der Waals surface area contributed by atoms with Crippen molar-refractivity contribution in [3.63, 3.8) is 0 Å². The maximum atomic E-state index is 5.26. The van der Waals surface area contributed by atoms with Gasteiger partial charge in [0.2, 0.25) is 0 Å². The van der Waals surface area contributed by atoms with Gasteiger partial charge < -0.3 is 10.3 Å². The van der Waals surface area contributed by atoms with Gasteiger partial charge in [-0.3, -0.25) is 4.98 Å². The molecule has 0 saturated heterocycles. The zero-order valence-electron chi connectivity index (χ0n) is 8.27. The molecular formula is C9H15N5. The number of nitrogens with two attached hydrogens (primary N) is 1. The van der Waals surface area contributed by atoms with Crippen LogP contribution in [0.5, 0.6) is 0 Å². The van der Waals surface area contributed by atoms with Gasteiger partial charge in [0.05, 0.1) is 12.4 Å². The molecule has 2 rings (SSSR count). The Kier molecular flexibility index (Phi) is 2.49. The summed E-state index contributed by atoms with van der Waals surface area (Å²) < 4.78 is 0. The van der Waals surface area contributed by atoms with E-state index in [0.717, 1.165) is 18.3 Å². The van der Waals surface area contributed by atoms with E-state index < -0.39 is 0 Å². The van der Waals surface area contributed by atoms with E-state index in [4.69, 9.17) is 5.84 Å². The van der Waals surface area contributed by atoms with Crippen LogP contribution in [0.4, 0.5) is 11.6 Å². The fraction of sp³-hybridized carbons (Fsp3) is 0.556. The van der Waals surface area contributed by atoms with Crippen LogP contribution in [0.25, 0.3) is 0 Å². The SMILES string of the molecule is CN(CC1CC1)c1cncc(NN)n1. The predicted molar refractivity (Wildman–Crippen MR) is 55.8 cm³/mol. The minimum atomic E-state index is 0.602. The van der Waals surface area contributed by atoms with Crippen LogP contribution >= 0.6 is 0 Å². The molecule has 1 fully saturated rings. The second kappa shape index (κ2) is 3.79. The Morgan fingerprint density at radius 2 is 2.36 bits per heavy atom. The molecule has 76 valence electrons. The molecule has 14 heavy (non-hydrogen) atoms. The van der Waals surface area contributed by atoms with Crippen molar-refractivity contribution in [1.29, 1.82) is 0 Å². The number of hydrogen-bond donors (Lipinski definition) is 2. The normalized spacial score (nSPS) is 15.3. The highest BCUT2D eigenvalue weighted by atomic mass is 15.3. The number of nitrogen functional groups attached to an aromatic ring is 1. The van der Waals surface area contributed by atoms with Crippen molar-refractivity contribution in [2.75, 3.05) is 23.9 Å². The molecule has 5 nitrogen and oxygen atoms in total. The largest absolute Gasteiger partial charge is 0.358 e. The quantitative estimate of drug-likeness (QED) is 0.541. The van der Waals surface area contributed by atoms with Gasteiger partial charge >= 0.3 is 0 Å². The fourth-order valence-corrected chi connectivity index (χ4v) is 1.39. The van der Waals surface area contributed by atoms with E-state index in [1.165, 1.54) is 12.8 Å². The van der Waals surface area contributed by atoms with E-state index in [1.54, 1.807) is 12.4 Å². The molecule has 1 heterocycles. The minimum Gasteiger partial charge on any atom is -0.358 e. The third kappa shape index (κ3) is 2.11. The van der Waals surface area contributed by atoms with Crippen LogP contribution in [0.15, 0.2) is 12.4 Å². The van der Waals surface area contributed by atoms with Gasteiger partial charge in [-0.15, -0.1) is 0 Å². The van der Waals surface area contributed by atoms with Crippen LogP contribution in [0.2, 0.25) is 0 Å². The molecule has 0 atom stereocenters. The first-order chi connectivity index (χ1) is 6.79. The summed E-state index contributed by atoms with van der Waals surface area (Å²) >= 11 is 0. The predicted octanol–water partition coefficient (Wildman–Crippen LogP) is 0.608. The molecule has 5 heteroatoms. The maximum absolute atomic E-state index is 5.26. The summed E-state index contributed by atoms with van der Waals surface area (Å²) in [6.07, 6.45) is 6.04. The lowest BCUT2D eigenvalue weighted by Gasteiger charge is -2.17. The van der Waals surface area contributed by atoms with Crippen LogP contribution in [-0.2, 0) is 0 Å². The minimum absolute atomic E-state index is 0.602. The average Bonchev–Trinajstić information content (AvgIpc) is 3.02. The second-order valence-electron chi connectivity index (χ2n) is 3.73. The molecule has 0 unspecified atom stereocenters. The molecule has 0 aliphatic heterocycles. The van der Waals surface area contributed by atoms with Gasteiger partial charge in [-0.2, -0.15) is 0 Å². The highest BCUT2D eigenvalue weighted by Crippen LogP contribution is 2.30. The highest BCUT2D eigenvalue weighted by Gasteiger charge is 2.23. The lowest BCUT2D eigenvalue weighted by Crippen LogP contribution is -2.22. The van der Waals surface area contributed by atoms with E-state index in [2.05, 4.69) is 20.3 Å². The molecular weight excluding hydrogens is 178 g/mol. The lowest BCUT2D eigenvalue weighted by atomic mass is 10.4. The monoisotopic (exact) mass is 193 g/mol. The van der Waals surface area contributed by atoms with E-state index >= 15 is 0 Å². The third-order valence-electron chi connectivity index (χ3n) is 2.39. The smallest absolute Gasteiger partial charge is 0.160 e. The average molecular weight is 193 g/mol. The Morgan fingerprint density at radius 3 is 3.00 bits per heavy atom. The van der Waals surface area contributed by atoms with Crippen molar-refractivity contribution in [1.82, 2.24) is 9.97 Å². The Hall–Kier alpha value is -1.36. The van der Waals surface area contributed by atoms with Crippen molar-refractivity contribution in [2.45, 2.75) is 12.8 Å². The first-order valence-electron chi connectivity index (χ1n) is 4.79. The van der Waals surface area contributed by atoms with Gasteiger partial charge in [0, 0.05) is 13.6 Å². The lowest BCUT2D eigenvalue weighted by molar-refractivity contribution is 0.775. The topological polar surface area (TPSA) is 67.1 Å². The zero-order chi connectivity index (χ0) is 9.97. The van der Waals surface area contributed by atoms with Crippen molar-refractivity contribution in [3.05, 3.63) is 12.4 Å². The summed E-state index contributed by atoms with van der Waals surface area (Å²) in [5.41, 5.74) is 2.49. The molecule has 0 radical (unpaired) electrons. The first-order valence-corrected chi connectivity index (χ1v) is 4.79. The van der Waals surface area contributed by atoms with E-state index in [1.807, 2.05) is 7.05 Å².